The van der Waals surface area contributed by atoms with Gasteiger partial charge >= 0.3 is 5.97 Å². The SMILES string of the molecule is O=C(O)CCC1CCN(C2CCc3ccccc3C2)C1. The number of aliphatic carboxylic acids is 1. The molecule has 0 radical (unpaired) electrons. The molecule has 1 aromatic rings. The fraction of sp³-hybridized carbons (Fsp3) is 0.588. The molecule has 1 aliphatic carbocycles. The van der Waals surface area contributed by atoms with Gasteiger partial charge in [0.1, 0.15) is 0 Å². The van der Waals surface area contributed by atoms with Gasteiger partial charge in [0.2, 0.25) is 0 Å². The monoisotopic (exact) mass is 273 g/mol. The number of aryl methyl sites for hydroxylation is 1. The van der Waals surface area contributed by atoms with E-state index in [0.29, 0.717) is 18.4 Å². The van der Waals surface area contributed by atoms with Crippen LogP contribution in [-0.4, -0.2) is 35.1 Å². The first kappa shape index (κ1) is 13.6. The Morgan fingerprint density at radius 1 is 1.25 bits per heavy atom. The lowest BCUT2D eigenvalue weighted by atomic mass is 9.87. The van der Waals surface area contributed by atoms with Crippen LogP contribution in [-0.2, 0) is 17.6 Å². The van der Waals surface area contributed by atoms with Crippen molar-refractivity contribution < 1.29 is 9.90 Å². The Morgan fingerprint density at radius 2 is 2.05 bits per heavy atom. The van der Waals surface area contributed by atoms with E-state index in [4.69, 9.17) is 5.11 Å². The number of carbonyl (C=O) groups is 1. The van der Waals surface area contributed by atoms with Gasteiger partial charge < -0.3 is 5.11 Å². The van der Waals surface area contributed by atoms with Crippen molar-refractivity contribution in [3.8, 4) is 0 Å². The second-order valence-corrected chi connectivity index (χ2v) is 6.25. The number of likely N-dealkylation sites (tertiary alicyclic amines) is 1. The van der Waals surface area contributed by atoms with Crippen LogP contribution in [0.5, 0.6) is 0 Å². The highest BCUT2D eigenvalue weighted by molar-refractivity contribution is 5.66. The predicted molar refractivity (Wildman–Crippen MR) is 78.8 cm³/mol. The zero-order valence-electron chi connectivity index (χ0n) is 11.9. The number of fused-ring (bicyclic) bond motifs is 1. The molecule has 0 amide bonds. The average Bonchev–Trinajstić information content (AvgIpc) is 2.93. The van der Waals surface area contributed by atoms with E-state index in [-0.39, 0.29) is 0 Å². The second kappa shape index (κ2) is 5.96. The van der Waals surface area contributed by atoms with Gasteiger partial charge in [-0.25, -0.2) is 0 Å². The van der Waals surface area contributed by atoms with Crippen molar-refractivity contribution in [3.05, 3.63) is 35.4 Å². The topological polar surface area (TPSA) is 40.5 Å². The number of rotatable bonds is 4. The highest BCUT2D eigenvalue weighted by Crippen LogP contribution is 2.29. The Hall–Kier alpha value is -1.35. The third-order valence-electron chi connectivity index (χ3n) is 4.92. The van der Waals surface area contributed by atoms with Gasteiger partial charge in [-0.1, -0.05) is 24.3 Å². The summed E-state index contributed by atoms with van der Waals surface area (Å²) in [6, 6.07) is 9.46. The normalized spacial score (nSPS) is 26.4. The highest BCUT2D eigenvalue weighted by Gasteiger charge is 2.30. The quantitative estimate of drug-likeness (QED) is 0.917. The molecule has 108 valence electrons. The number of carboxylic acid groups (broad SMARTS) is 1. The van der Waals surface area contributed by atoms with E-state index in [9.17, 15) is 4.79 Å². The molecule has 1 fully saturated rings. The lowest BCUT2D eigenvalue weighted by Crippen LogP contribution is -2.37. The van der Waals surface area contributed by atoms with E-state index >= 15 is 0 Å². The summed E-state index contributed by atoms with van der Waals surface area (Å²) in [5.74, 6) is -0.0710. The Kier molecular flexibility index (Phi) is 4.06. The number of benzene rings is 1. The van der Waals surface area contributed by atoms with E-state index in [1.54, 1.807) is 0 Å². The zero-order valence-corrected chi connectivity index (χ0v) is 11.9. The Bertz CT molecular complexity index is 486. The maximum atomic E-state index is 10.7. The van der Waals surface area contributed by atoms with Gasteiger partial charge in [0.05, 0.1) is 0 Å². The molecule has 0 aromatic heterocycles. The lowest BCUT2D eigenvalue weighted by molar-refractivity contribution is -0.137. The molecule has 0 saturated carbocycles. The van der Waals surface area contributed by atoms with Gasteiger partial charge in [-0.3, -0.25) is 9.69 Å². The molecule has 20 heavy (non-hydrogen) atoms. The van der Waals surface area contributed by atoms with E-state index in [1.165, 1.54) is 36.8 Å². The molecule has 1 aromatic carbocycles. The summed E-state index contributed by atoms with van der Waals surface area (Å²) < 4.78 is 0. The maximum Gasteiger partial charge on any atom is 0.303 e. The number of hydrogen-bond acceptors (Lipinski definition) is 2. The smallest absolute Gasteiger partial charge is 0.303 e. The lowest BCUT2D eigenvalue weighted by Gasteiger charge is -2.32. The summed E-state index contributed by atoms with van der Waals surface area (Å²) in [6.45, 7) is 2.25. The standard InChI is InChI=1S/C17H23NO2/c19-17(20)8-5-13-9-10-18(12-13)16-7-6-14-3-1-2-4-15(14)11-16/h1-4,13,16H,5-12H2,(H,19,20). The molecule has 1 aliphatic heterocycles. The molecule has 2 atom stereocenters. The van der Waals surface area contributed by atoms with Gasteiger partial charge in [-0.15, -0.1) is 0 Å². The van der Waals surface area contributed by atoms with Gasteiger partial charge in [0.25, 0.3) is 0 Å². The first-order chi connectivity index (χ1) is 9.72. The van der Waals surface area contributed by atoms with Gasteiger partial charge in [-0.2, -0.15) is 0 Å². The second-order valence-electron chi connectivity index (χ2n) is 6.25. The van der Waals surface area contributed by atoms with Crippen LogP contribution in [0.4, 0.5) is 0 Å². The molecule has 2 unspecified atom stereocenters. The largest absolute Gasteiger partial charge is 0.481 e. The Balaban J connectivity index is 1.55. The first-order valence-corrected chi connectivity index (χ1v) is 7.75. The van der Waals surface area contributed by atoms with Crippen LogP contribution in [0.15, 0.2) is 24.3 Å². The van der Waals surface area contributed by atoms with E-state index in [1.807, 2.05) is 0 Å². The van der Waals surface area contributed by atoms with Gasteiger partial charge in [-0.05, 0) is 55.7 Å². The molecule has 0 spiro atoms. The summed E-state index contributed by atoms with van der Waals surface area (Å²) >= 11 is 0. The van der Waals surface area contributed by atoms with Crippen LogP contribution in [0.3, 0.4) is 0 Å². The third kappa shape index (κ3) is 3.04. The average molecular weight is 273 g/mol. The summed E-state index contributed by atoms with van der Waals surface area (Å²) in [7, 11) is 0. The molecule has 3 nitrogen and oxygen atoms in total. The molecule has 1 heterocycles. The molecule has 3 heteroatoms. The van der Waals surface area contributed by atoms with Crippen molar-refractivity contribution in [3.63, 3.8) is 0 Å². The molecule has 3 rings (SSSR count). The van der Waals surface area contributed by atoms with Crippen LogP contribution in [0, 0.1) is 5.92 Å². The number of carboxylic acids is 1. The van der Waals surface area contributed by atoms with Crippen LogP contribution in [0.25, 0.3) is 0 Å². The highest BCUT2D eigenvalue weighted by atomic mass is 16.4. The van der Waals surface area contributed by atoms with Crippen molar-refractivity contribution in [2.45, 2.75) is 44.6 Å². The van der Waals surface area contributed by atoms with Crippen molar-refractivity contribution >= 4 is 5.97 Å². The maximum absolute atomic E-state index is 10.7. The molecular formula is C17H23NO2. The van der Waals surface area contributed by atoms with Crippen molar-refractivity contribution in [2.24, 2.45) is 5.92 Å². The fourth-order valence-corrected chi connectivity index (χ4v) is 3.75. The minimum Gasteiger partial charge on any atom is -0.481 e. The molecular weight excluding hydrogens is 250 g/mol. The van der Waals surface area contributed by atoms with E-state index in [0.717, 1.165) is 19.5 Å². The number of nitrogens with zero attached hydrogens (tertiary/aromatic N) is 1. The Morgan fingerprint density at radius 3 is 2.85 bits per heavy atom. The molecule has 0 bridgehead atoms. The van der Waals surface area contributed by atoms with E-state index < -0.39 is 5.97 Å². The van der Waals surface area contributed by atoms with Gasteiger partial charge in [0, 0.05) is 19.0 Å². The summed E-state index contributed by atoms with van der Waals surface area (Å²) in [6.07, 6.45) is 5.95. The predicted octanol–water partition coefficient (Wildman–Crippen LogP) is 2.73. The van der Waals surface area contributed by atoms with Crippen molar-refractivity contribution in [2.75, 3.05) is 13.1 Å². The van der Waals surface area contributed by atoms with Crippen LogP contribution in [0.1, 0.15) is 36.8 Å². The zero-order chi connectivity index (χ0) is 13.9. The minimum absolute atomic E-state index is 0.325. The van der Waals surface area contributed by atoms with E-state index in [2.05, 4.69) is 29.2 Å². The summed E-state index contributed by atoms with van der Waals surface area (Å²) in [4.78, 5) is 13.3. The number of hydrogen-bond donors (Lipinski definition) is 1. The minimum atomic E-state index is -0.657. The fourth-order valence-electron chi connectivity index (χ4n) is 3.75. The van der Waals surface area contributed by atoms with Crippen molar-refractivity contribution in [1.82, 2.24) is 4.90 Å². The molecule has 2 aliphatic rings. The summed E-state index contributed by atoms with van der Waals surface area (Å²) in [5, 5.41) is 8.78. The van der Waals surface area contributed by atoms with Crippen LogP contribution < -0.4 is 0 Å². The summed E-state index contributed by atoms with van der Waals surface area (Å²) in [5.41, 5.74) is 3.03. The molecule has 1 saturated heterocycles. The van der Waals surface area contributed by atoms with Crippen LogP contribution >= 0.6 is 0 Å². The third-order valence-corrected chi connectivity index (χ3v) is 4.92. The molecule has 1 N–H and O–H groups in total. The van der Waals surface area contributed by atoms with Gasteiger partial charge in [0.15, 0.2) is 0 Å². The van der Waals surface area contributed by atoms with Crippen molar-refractivity contribution in [1.29, 1.82) is 0 Å². The first-order valence-electron chi connectivity index (χ1n) is 7.75. The van der Waals surface area contributed by atoms with Crippen LogP contribution in [0.2, 0.25) is 0 Å². The Labute approximate surface area is 120 Å².